The molecule has 8 heteroatoms. The lowest BCUT2D eigenvalue weighted by atomic mass is 9.43. The van der Waals surface area contributed by atoms with E-state index in [4.69, 9.17) is 23.4 Å². The number of carbonyl (C=O) groups excluding carboxylic acids is 3. The average molecular weight is 446 g/mol. The minimum Gasteiger partial charge on any atom is -0.472 e. The molecule has 2 saturated carbocycles. The molecule has 4 fully saturated rings. The van der Waals surface area contributed by atoms with Crippen molar-refractivity contribution in [3.8, 4) is 0 Å². The van der Waals surface area contributed by atoms with Gasteiger partial charge in [-0.3, -0.25) is 14.4 Å². The van der Waals surface area contributed by atoms with E-state index >= 15 is 0 Å². The number of esters is 2. The average Bonchev–Trinajstić information content (AvgIpc) is 3.14. The number of carbonyl (C=O) groups is 3. The van der Waals surface area contributed by atoms with Crippen molar-refractivity contribution in [2.45, 2.75) is 70.9 Å². The zero-order valence-electron chi connectivity index (χ0n) is 18.8. The third-order valence-electron chi connectivity index (χ3n) is 8.49. The molecule has 2 aliphatic heterocycles. The molecule has 0 N–H and O–H groups in total. The van der Waals surface area contributed by atoms with Crippen molar-refractivity contribution in [2.75, 3.05) is 13.2 Å². The monoisotopic (exact) mass is 446 g/mol. The highest BCUT2D eigenvalue weighted by Crippen LogP contribution is 2.71. The van der Waals surface area contributed by atoms with Crippen LogP contribution in [-0.2, 0) is 33.3 Å². The molecule has 7 atom stereocenters. The number of rotatable bonds is 4. The summed E-state index contributed by atoms with van der Waals surface area (Å²) in [5.41, 5.74) is -1.32. The van der Waals surface area contributed by atoms with Crippen LogP contribution in [0.15, 0.2) is 23.0 Å². The minimum atomic E-state index is -0.962. The topological polar surface area (TPSA) is 105 Å². The Hall–Kier alpha value is -2.19. The molecule has 0 aromatic carbocycles. The number of hydrogen-bond donors (Lipinski definition) is 0. The summed E-state index contributed by atoms with van der Waals surface area (Å²) in [5, 5.41) is 0. The lowest BCUT2D eigenvalue weighted by Crippen LogP contribution is -2.67. The van der Waals surface area contributed by atoms with E-state index in [1.165, 1.54) is 13.8 Å². The van der Waals surface area contributed by atoms with Crippen molar-refractivity contribution in [1.29, 1.82) is 0 Å². The summed E-state index contributed by atoms with van der Waals surface area (Å²) < 4.78 is 29.0. The standard InChI is InChI=1S/C24H30O8/c1-14-9-20(27)24(13-29-15(2)25)19(5-4-7-22(24)12-30-22)23(14)10-18(17-6-8-28-11-17)32-21(23)31-16(3)26/h6,8,11,14,18-19,21H,4-5,7,9-10,12-13H2,1-3H3/t14-,18+,19-,21-,22+,23-,24-/m1/s1. The van der Waals surface area contributed by atoms with Gasteiger partial charge < -0.3 is 23.4 Å². The number of furan rings is 1. The molecule has 4 aliphatic rings. The van der Waals surface area contributed by atoms with E-state index in [1.54, 1.807) is 12.5 Å². The van der Waals surface area contributed by atoms with Gasteiger partial charge in [0.1, 0.15) is 18.0 Å². The van der Waals surface area contributed by atoms with Crippen molar-refractivity contribution < 1.29 is 37.7 Å². The first-order valence-corrected chi connectivity index (χ1v) is 11.4. The van der Waals surface area contributed by atoms with Crippen LogP contribution in [0.25, 0.3) is 0 Å². The maximum atomic E-state index is 13.8. The van der Waals surface area contributed by atoms with Crippen LogP contribution in [0.5, 0.6) is 0 Å². The molecule has 32 heavy (non-hydrogen) atoms. The van der Waals surface area contributed by atoms with Gasteiger partial charge in [-0.2, -0.15) is 0 Å². The van der Waals surface area contributed by atoms with Crippen molar-refractivity contribution >= 4 is 17.7 Å². The Labute approximate surface area is 186 Å². The molecule has 5 rings (SSSR count). The Bertz CT molecular complexity index is 918. The second-order valence-electron chi connectivity index (χ2n) is 9.95. The van der Waals surface area contributed by atoms with Crippen LogP contribution in [0.3, 0.4) is 0 Å². The van der Waals surface area contributed by atoms with Crippen LogP contribution in [0.1, 0.15) is 64.5 Å². The van der Waals surface area contributed by atoms with Gasteiger partial charge in [-0.25, -0.2) is 0 Å². The normalized spacial score (nSPS) is 42.7. The molecule has 1 aromatic heterocycles. The van der Waals surface area contributed by atoms with Gasteiger partial charge in [-0.05, 0) is 37.2 Å². The van der Waals surface area contributed by atoms with Crippen molar-refractivity contribution in [1.82, 2.24) is 0 Å². The second-order valence-corrected chi connectivity index (χ2v) is 9.95. The molecular weight excluding hydrogens is 416 g/mol. The highest BCUT2D eigenvalue weighted by Gasteiger charge is 2.77. The summed E-state index contributed by atoms with van der Waals surface area (Å²) >= 11 is 0. The summed E-state index contributed by atoms with van der Waals surface area (Å²) in [6.07, 6.45) is 5.38. The first kappa shape index (κ1) is 21.6. The highest BCUT2D eigenvalue weighted by atomic mass is 16.7. The summed E-state index contributed by atoms with van der Waals surface area (Å²) in [6.45, 7) is 5.24. The van der Waals surface area contributed by atoms with Gasteiger partial charge in [0, 0.05) is 31.2 Å². The van der Waals surface area contributed by atoms with Gasteiger partial charge in [0.25, 0.3) is 0 Å². The maximum Gasteiger partial charge on any atom is 0.304 e. The maximum absolute atomic E-state index is 13.8. The number of ether oxygens (including phenoxy) is 4. The van der Waals surface area contributed by atoms with Crippen LogP contribution in [0.2, 0.25) is 0 Å². The predicted molar refractivity (Wildman–Crippen MR) is 109 cm³/mol. The van der Waals surface area contributed by atoms with E-state index < -0.39 is 34.7 Å². The second kappa shape index (κ2) is 7.42. The number of hydrogen-bond acceptors (Lipinski definition) is 8. The largest absolute Gasteiger partial charge is 0.472 e. The quantitative estimate of drug-likeness (QED) is 0.512. The van der Waals surface area contributed by atoms with E-state index in [9.17, 15) is 14.4 Å². The summed E-state index contributed by atoms with van der Waals surface area (Å²) in [5.74, 6) is -1.06. The number of Topliss-reactive ketones (excluding diaryl/α,β-unsaturated/α-hetero) is 1. The van der Waals surface area contributed by atoms with Crippen LogP contribution >= 0.6 is 0 Å². The van der Waals surface area contributed by atoms with E-state index in [0.717, 1.165) is 24.8 Å². The molecule has 2 spiro atoms. The van der Waals surface area contributed by atoms with Gasteiger partial charge in [-0.15, -0.1) is 0 Å². The minimum absolute atomic E-state index is 0.0104. The Balaban J connectivity index is 1.63. The van der Waals surface area contributed by atoms with Gasteiger partial charge in [0.15, 0.2) is 0 Å². The molecule has 3 heterocycles. The first-order chi connectivity index (χ1) is 15.2. The molecule has 2 aliphatic carbocycles. The Morgan fingerprint density at radius 3 is 2.66 bits per heavy atom. The van der Waals surface area contributed by atoms with Crippen LogP contribution in [0.4, 0.5) is 0 Å². The number of epoxide rings is 1. The molecule has 8 nitrogen and oxygen atoms in total. The molecule has 1 aromatic rings. The Morgan fingerprint density at radius 2 is 2.03 bits per heavy atom. The lowest BCUT2D eigenvalue weighted by Gasteiger charge is -2.59. The smallest absolute Gasteiger partial charge is 0.304 e. The lowest BCUT2D eigenvalue weighted by molar-refractivity contribution is -0.235. The van der Waals surface area contributed by atoms with Crippen molar-refractivity contribution in [3.05, 3.63) is 24.2 Å². The zero-order valence-corrected chi connectivity index (χ0v) is 18.8. The Morgan fingerprint density at radius 1 is 1.25 bits per heavy atom. The van der Waals surface area contributed by atoms with Crippen LogP contribution < -0.4 is 0 Å². The Kier molecular flexibility index (Phi) is 5.02. The summed E-state index contributed by atoms with van der Waals surface area (Å²) in [7, 11) is 0. The molecule has 174 valence electrons. The van der Waals surface area contributed by atoms with Gasteiger partial charge >= 0.3 is 11.9 Å². The fourth-order valence-corrected chi connectivity index (χ4v) is 6.99. The van der Waals surface area contributed by atoms with Gasteiger partial charge in [0.2, 0.25) is 6.29 Å². The molecular formula is C24H30O8. The number of fused-ring (bicyclic) bond motifs is 3. The SMILES string of the molecule is CC(=O)OC[C@]12C(=O)C[C@@H](C)[C@]3(C[C@@H](c4ccoc4)O[C@H]3OC(C)=O)[C@H]1CCC[C@]21CO1. The van der Waals surface area contributed by atoms with Crippen molar-refractivity contribution in [3.63, 3.8) is 0 Å². The number of ketones is 1. The van der Waals surface area contributed by atoms with Gasteiger partial charge in [-0.1, -0.05) is 13.3 Å². The molecule has 0 radical (unpaired) electrons. The molecule has 0 unspecified atom stereocenters. The van der Waals surface area contributed by atoms with Gasteiger partial charge in [0.05, 0.1) is 30.7 Å². The fourth-order valence-electron chi connectivity index (χ4n) is 6.99. The third kappa shape index (κ3) is 2.91. The molecule has 2 saturated heterocycles. The summed E-state index contributed by atoms with van der Waals surface area (Å²) in [4.78, 5) is 37.7. The predicted octanol–water partition coefficient (Wildman–Crippen LogP) is 3.34. The van der Waals surface area contributed by atoms with E-state index in [2.05, 4.69) is 0 Å². The highest BCUT2D eigenvalue weighted by molar-refractivity contribution is 5.89. The summed E-state index contributed by atoms with van der Waals surface area (Å²) in [6, 6.07) is 1.85. The molecule has 0 bridgehead atoms. The van der Waals surface area contributed by atoms with Crippen LogP contribution in [-0.4, -0.2) is 42.8 Å². The first-order valence-electron chi connectivity index (χ1n) is 11.4. The van der Waals surface area contributed by atoms with E-state index in [1.807, 2.05) is 13.0 Å². The zero-order chi connectivity index (χ0) is 22.7. The third-order valence-corrected chi connectivity index (χ3v) is 8.49. The van der Waals surface area contributed by atoms with Crippen LogP contribution in [0, 0.1) is 22.7 Å². The van der Waals surface area contributed by atoms with Crippen molar-refractivity contribution in [2.24, 2.45) is 22.7 Å². The molecule has 0 amide bonds. The van der Waals surface area contributed by atoms with E-state index in [0.29, 0.717) is 19.4 Å². The fraction of sp³-hybridized carbons (Fsp3) is 0.708. The van der Waals surface area contributed by atoms with E-state index in [-0.39, 0.29) is 30.3 Å².